The number of carbonyl (C=O) groups excluding carboxylic acids is 2. The third-order valence-corrected chi connectivity index (χ3v) is 4.63. The van der Waals surface area contributed by atoms with Gasteiger partial charge in [-0.2, -0.15) is 0 Å². The largest absolute Gasteiger partial charge is 0.484 e. The Kier molecular flexibility index (Phi) is 6.44. The molecule has 0 saturated heterocycles. The molecule has 0 radical (unpaired) electrons. The van der Waals surface area contributed by atoms with Gasteiger partial charge in [0, 0.05) is 29.4 Å². The number of pyridine rings is 1. The average Bonchev–Trinajstić information content (AvgIpc) is 2.72. The summed E-state index contributed by atoms with van der Waals surface area (Å²) in [6.45, 7) is 6.29. The van der Waals surface area contributed by atoms with E-state index in [1.165, 1.54) is 0 Å². The first-order valence-electron chi connectivity index (χ1n) is 9.72. The minimum atomic E-state index is -0.198. The van der Waals surface area contributed by atoms with E-state index in [1.54, 1.807) is 24.3 Å². The van der Waals surface area contributed by atoms with E-state index in [-0.39, 0.29) is 18.4 Å². The number of hydrogen-bond donors (Lipinski definition) is 2. The summed E-state index contributed by atoms with van der Waals surface area (Å²) < 4.78 is 5.51. The van der Waals surface area contributed by atoms with Gasteiger partial charge in [-0.1, -0.05) is 31.2 Å². The molecule has 2 amide bonds. The van der Waals surface area contributed by atoms with Crippen LogP contribution >= 0.6 is 0 Å². The summed E-state index contributed by atoms with van der Waals surface area (Å²) >= 11 is 0. The molecule has 0 unspecified atom stereocenters. The van der Waals surface area contributed by atoms with Gasteiger partial charge in [0.1, 0.15) is 5.75 Å². The first kappa shape index (κ1) is 20.3. The summed E-state index contributed by atoms with van der Waals surface area (Å²) in [7, 11) is 0. The number of amides is 2. The number of anilines is 1. The van der Waals surface area contributed by atoms with Crippen molar-refractivity contribution in [2.45, 2.75) is 27.2 Å². The van der Waals surface area contributed by atoms with Crippen molar-refractivity contribution in [1.29, 1.82) is 0 Å². The lowest BCUT2D eigenvalue weighted by Crippen LogP contribution is -2.28. The molecule has 150 valence electrons. The molecular formula is C23H25N3O3. The smallest absolute Gasteiger partial charge is 0.257 e. The molecular weight excluding hydrogens is 366 g/mol. The van der Waals surface area contributed by atoms with Crippen LogP contribution in [0.5, 0.6) is 5.75 Å². The van der Waals surface area contributed by atoms with Crippen LogP contribution in [0.1, 0.15) is 35.5 Å². The second kappa shape index (κ2) is 9.19. The molecule has 2 aromatic carbocycles. The Morgan fingerprint density at radius 1 is 1.07 bits per heavy atom. The molecule has 6 heteroatoms. The lowest BCUT2D eigenvalue weighted by Gasteiger charge is -2.14. The highest BCUT2D eigenvalue weighted by atomic mass is 16.5. The maximum absolute atomic E-state index is 13.1. The number of hydrogen-bond acceptors (Lipinski definition) is 4. The van der Waals surface area contributed by atoms with Crippen LogP contribution in [0.25, 0.3) is 10.9 Å². The van der Waals surface area contributed by atoms with E-state index >= 15 is 0 Å². The molecule has 6 nitrogen and oxygen atoms in total. The Labute approximate surface area is 170 Å². The fraction of sp³-hybridized carbons (Fsp3) is 0.261. The minimum Gasteiger partial charge on any atom is -0.484 e. The summed E-state index contributed by atoms with van der Waals surface area (Å²) in [6.07, 6.45) is 0.750. The monoisotopic (exact) mass is 391 g/mol. The number of aryl methyl sites for hydroxylation is 1. The van der Waals surface area contributed by atoms with E-state index in [0.29, 0.717) is 23.5 Å². The Hall–Kier alpha value is -3.41. The molecule has 29 heavy (non-hydrogen) atoms. The van der Waals surface area contributed by atoms with Crippen LogP contribution in [0.4, 0.5) is 5.69 Å². The molecule has 0 spiro atoms. The predicted molar refractivity (Wildman–Crippen MR) is 114 cm³/mol. The maximum atomic E-state index is 13.1. The van der Waals surface area contributed by atoms with Crippen molar-refractivity contribution in [1.82, 2.24) is 10.3 Å². The molecule has 1 heterocycles. The highest BCUT2D eigenvalue weighted by Crippen LogP contribution is 2.25. The van der Waals surface area contributed by atoms with Crippen molar-refractivity contribution in [2.75, 3.05) is 18.5 Å². The van der Waals surface area contributed by atoms with E-state index in [4.69, 9.17) is 4.74 Å². The van der Waals surface area contributed by atoms with Crippen LogP contribution in [0.2, 0.25) is 0 Å². The van der Waals surface area contributed by atoms with Crippen molar-refractivity contribution >= 4 is 28.4 Å². The molecule has 0 aliphatic carbocycles. The van der Waals surface area contributed by atoms with E-state index in [2.05, 4.69) is 15.6 Å². The van der Waals surface area contributed by atoms with Gasteiger partial charge in [0.05, 0.1) is 11.1 Å². The van der Waals surface area contributed by atoms with Crippen molar-refractivity contribution in [2.24, 2.45) is 0 Å². The number of fused-ring (bicyclic) bond motifs is 1. The summed E-state index contributed by atoms with van der Waals surface area (Å²) in [5.41, 5.74) is 3.82. The predicted octanol–water partition coefficient (Wildman–Crippen LogP) is 3.87. The van der Waals surface area contributed by atoms with E-state index < -0.39 is 0 Å². The van der Waals surface area contributed by atoms with E-state index in [0.717, 1.165) is 28.6 Å². The third kappa shape index (κ3) is 4.71. The Morgan fingerprint density at radius 2 is 1.86 bits per heavy atom. The van der Waals surface area contributed by atoms with Gasteiger partial charge in [-0.25, -0.2) is 0 Å². The first-order valence-corrected chi connectivity index (χ1v) is 9.72. The number of aromatic nitrogens is 1. The van der Waals surface area contributed by atoms with Crippen LogP contribution < -0.4 is 15.4 Å². The number of para-hydroxylation sites is 1. The average molecular weight is 391 g/mol. The number of benzene rings is 2. The van der Waals surface area contributed by atoms with Gasteiger partial charge in [-0.3, -0.25) is 14.6 Å². The zero-order valence-corrected chi connectivity index (χ0v) is 16.9. The van der Waals surface area contributed by atoms with Gasteiger partial charge in [-0.05, 0) is 44.0 Å². The van der Waals surface area contributed by atoms with Gasteiger partial charge in [0.25, 0.3) is 11.8 Å². The topological polar surface area (TPSA) is 80.3 Å². The quantitative estimate of drug-likeness (QED) is 0.641. The van der Waals surface area contributed by atoms with Crippen molar-refractivity contribution < 1.29 is 14.3 Å². The molecule has 3 rings (SSSR count). The number of carbonyl (C=O) groups is 2. The third-order valence-electron chi connectivity index (χ3n) is 4.63. The van der Waals surface area contributed by atoms with Crippen LogP contribution in [0.15, 0.2) is 48.5 Å². The Morgan fingerprint density at radius 3 is 2.62 bits per heavy atom. The standard InChI is InChI=1S/C23H25N3O3/c1-4-19-15(3)22(18-11-6-7-12-20(18)26-19)23(28)25-16-9-8-10-17(13-16)29-14-21(27)24-5-2/h6-13H,4-5,14H2,1-3H3,(H,24,27)(H,25,28). The van der Waals surface area contributed by atoms with Crippen molar-refractivity contribution in [3.05, 3.63) is 65.4 Å². The number of ether oxygens (including phenoxy) is 1. The molecule has 0 bridgehead atoms. The van der Waals surface area contributed by atoms with E-state index in [9.17, 15) is 9.59 Å². The molecule has 0 aliphatic rings. The van der Waals surface area contributed by atoms with Gasteiger partial charge in [-0.15, -0.1) is 0 Å². The highest BCUT2D eigenvalue weighted by molar-refractivity contribution is 6.13. The maximum Gasteiger partial charge on any atom is 0.257 e. The number of nitrogens with one attached hydrogen (secondary N) is 2. The summed E-state index contributed by atoms with van der Waals surface area (Å²) in [5.74, 6) is 0.129. The van der Waals surface area contributed by atoms with Gasteiger partial charge in [0.2, 0.25) is 0 Å². The Balaban J connectivity index is 1.85. The normalized spacial score (nSPS) is 10.6. The number of rotatable bonds is 7. The second-order valence-corrected chi connectivity index (χ2v) is 6.65. The van der Waals surface area contributed by atoms with E-state index in [1.807, 2.05) is 45.0 Å². The van der Waals surface area contributed by atoms with Gasteiger partial charge >= 0.3 is 0 Å². The lowest BCUT2D eigenvalue weighted by atomic mass is 9.99. The second-order valence-electron chi connectivity index (χ2n) is 6.65. The molecule has 2 N–H and O–H groups in total. The molecule has 0 atom stereocenters. The molecule has 0 saturated carbocycles. The molecule has 0 fully saturated rings. The summed E-state index contributed by atoms with van der Waals surface area (Å²) in [4.78, 5) is 29.4. The summed E-state index contributed by atoms with van der Waals surface area (Å²) in [6, 6.07) is 14.7. The fourth-order valence-corrected chi connectivity index (χ4v) is 3.25. The van der Waals surface area contributed by atoms with Crippen molar-refractivity contribution in [3.8, 4) is 5.75 Å². The molecule has 1 aromatic heterocycles. The minimum absolute atomic E-state index is 0.0702. The van der Waals surface area contributed by atoms with Crippen LogP contribution in [-0.2, 0) is 11.2 Å². The number of nitrogens with zero attached hydrogens (tertiary/aromatic N) is 1. The fourth-order valence-electron chi connectivity index (χ4n) is 3.25. The SMILES string of the molecule is CCNC(=O)COc1cccc(NC(=O)c2c(C)c(CC)nc3ccccc23)c1. The Bertz CT molecular complexity index is 1050. The zero-order chi connectivity index (χ0) is 20.8. The lowest BCUT2D eigenvalue weighted by molar-refractivity contribution is -0.122. The molecule has 0 aliphatic heterocycles. The summed E-state index contributed by atoms with van der Waals surface area (Å²) in [5, 5.41) is 6.45. The number of likely N-dealkylation sites (N-methyl/N-ethyl adjacent to an activating group) is 1. The van der Waals surface area contributed by atoms with Crippen LogP contribution in [0.3, 0.4) is 0 Å². The highest BCUT2D eigenvalue weighted by Gasteiger charge is 2.17. The van der Waals surface area contributed by atoms with Crippen LogP contribution in [0, 0.1) is 6.92 Å². The van der Waals surface area contributed by atoms with Gasteiger partial charge < -0.3 is 15.4 Å². The first-order chi connectivity index (χ1) is 14.0. The van der Waals surface area contributed by atoms with Crippen molar-refractivity contribution in [3.63, 3.8) is 0 Å². The van der Waals surface area contributed by atoms with Gasteiger partial charge in [0.15, 0.2) is 6.61 Å². The van der Waals surface area contributed by atoms with Crippen LogP contribution in [-0.4, -0.2) is 29.9 Å². The molecule has 3 aromatic rings. The zero-order valence-electron chi connectivity index (χ0n) is 16.9.